The van der Waals surface area contributed by atoms with Crippen molar-refractivity contribution in [1.82, 2.24) is 5.32 Å². The molecular formula is C8H14ClN. The quantitative estimate of drug-likeness (QED) is 0.607. The molecule has 0 bridgehead atoms. The summed E-state index contributed by atoms with van der Waals surface area (Å²) in [6, 6.07) is 0.438. The van der Waals surface area contributed by atoms with E-state index in [-0.39, 0.29) is 0 Å². The molecule has 0 aliphatic carbocycles. The van der Waals surface area contributed by atoms with Crippen LogP contribution in [0, 0.1) is 0 Å². The predicted octanol–water partition coefficient (Wildman–Crippen LogP) is 2.29. The van der Waals surface area contributed by atoms with Crippen LogP contribution >= 0.6 is 11.6 Å². The lowest BCUT2D eigenvalue weighted by Crippen LogP contribution is -2.26. The van der Waals surface area contributed by atoms with Crippen LogP contribution in [0.4, 0.5) is 0 Å². The van der Waals surface area contributed by atoms with Crippen molar-refractivity contribution < 1.29 is 0 Å². The highest BCUT2D eigenvalue weighted by atomic mass is 35.5. The highest BCUT2D eigenvalue weighted by molar-refractivity contribution is 6.29. The molecule has 1 nitrogen and oxygen atoms in total. The van der Waals surface area contributed by atoms with Crippen LogP contribution in [0.25, 0.3) is 0 Å². The van der Waals surface area contributed by atoms with Crippen molar-refractivity contribution in [2.24, 2.45) is 0 Å². The summed E-state index contributed by atoms with van der Waals surface area (Å²) in [7, 11) is 0. The zero-order valence-electron chi connectivity index (χ0n) is 6.36. The minimum atomic E-state index is 0.438. The van der Waals surface area contributed by atoms with E-state index in [1.807, 2.05) is 6.08 Å². The summed E-state index contributed by atoms with van der Waals surface area (Å²) in [6.45, 7) is 9.96. The van der Waals surface area contributed by atoms with Crippen molar-refractivity contribution in [2.75, 3.05) is 6.54 Å². The molecule has 1 atom stereocenters. The van der Waals surface area contributed by atoms with Gasteiger partial charge in [0.15, 0.2) is 0 Å². The first kappa shape index (κ1) is 9.73. The largest absolute Gasteiger partial charge is 0.309 e. The van der Waals surface area contributed by atoms with Crippen molar-refractivity contribution in [2.45, 2.75) is 19.4 Å². The van der Waals surface area contributed by atoms with Gasteiger partial charge in [0.1, 0.15) is 0 Å². The molecule has 0 fully saturated rings. The van der Waals surface area contributed by atoms with Crippen LogP contribution in [0.3, 0.4) is 0 Å². The Kier molecular flexibility index (Phi) is 5.36. The Hall–Kier alpha value is -0.270. The second-order valence-corrected chi connectivity index (χ2v) is 2.86. The summed E-state index contributed by atoms with van der Waals surface area (Å²) < 4.78 is 0. The monoisotopic (exact) mass is 159 g/mol. The molecule has 0 saturated carbocycles. The first-order valence-corrected chi connectivity index (χ1v) is 3.72. The van der Waals surface area contributed by atoms with Gasteiger partial charge in [-0.1, -0.05) is 24.3 Å². The fourth-order valence-corrected chi connectivity index (χ4v) is 0.695. The lowest BCUT2D eigenvalue weighted by molar-refractivity contribution is 0.588. The van der Waals surface area contributed by atoms with Crippen molar-refractivity contribution >= 4 is 11.6 Å². The van der Waals surface area contributed by atoms with Crippen molar-refractivity contribution in [3.63, 3.8) is 0 Å². The van der Waals surface area contributed by atoms with Crippen LogP contribution in [0.15, 0.2) is 24.3 Å². The Morgan fingerprint density at radius 2 is 2.40 bits per heavy atom. The average molecular weight is 160 g/mol. The second-order valence-electron chi connectivity index (χ2n) is 2.32. The molecule has 0 saturated heterocycles. The summed E-state index contributed by atoms with van der Waals surface area (Å²) >= 11 is 5.54. The van der Waals surface area contributed by atoms with E-state index in [2.05, 4.69) is 25.4 Å². The van der Waals surface area contributed by atoms with E-state index in [9.17, 15) is 0 Å². The van der Waals surface area contributed by atoms with Gasteiger partial charge in [-0.3, -0.25) is 0 Å². The third-order valence-corrected chi connectivity index (χ3v) is 1.30. The maximum absolute atomic E-state index is 5.54. The zero-order chi connectivity index (χ0) is 7.98. The van der Waals surface area contributed by atoms with Gasteiger partial charge in [0.2, 0.25) is 0 Å². The molecule has 0 rings (SSSR count). The van der Waals surface area contributed by atoms with Crippen LogP contribution in [0.5, 0.6) is 0 Å². The summed E-state index contributed by atoms with van der Waals surface area (Å²) in [5.74, 6) is 0. The highest BCUT2D eigenvalue weighted by Crippen LogP contribution is 1.96. The molecule has 0 aromatic carbocycles. The van der Waals surface area contributed by atoms with Gasteiger partial charge in [-0.05, 0) is 13.3 Å². The third-order valence-electron chi connectivity index (χ3n) is 1.16. The van der Waals surface area contributed by atoms with Crippen LogP contribution in [0.1, 0.15) is 13.3 Å². The maximum atomic E-state index is 5.54. The Balaban J connectivity index is 3.29. The van der Waals surface area contributed by atoms with E-state index in [0.717, 1.165) is 6.42 Å². The fourth-order valence-electron chi connectivity index (χ4n) is 0.618. The summed E-state index contributed by atoms with van der Waals surface area (Å²) in [4.78, 5) is 0. The molecule has 0 aromatic rings. The van der Waals surface area contributed by atoms with E-state index in [0.29, 0.717) is 17.6 Å². The van der Waals surface area contributed by atoms with Crippen LogP contribution in [-0.2, 0) is 0 Å². The Labute approximate surface area is 67.8 Å². The maximum Gasteiger partial charge on any atom is 0.0310 e. The lowest BCUT2D eigenvalue weighted by atomic mass is 10.2. The number of nitrogens with one attached hydrogen (secondary N) is 1. The number of halogens is 1. The Bertz CT molecular complexity index is 120. The Morgan fingerprint density at radius 1 is 1.80 bits per heavy atom. The number of rotatable bonds is 5. The van der Waals surface area contributed by atoms with Gasteiger partial charge in [0.05, 0.1) is 0 Å². The molecular weight excluding hydrogens is 146 g/mol. The molecule has 1 unspecified atom stereocenters. The zero-order valence-corrected chi connectivity index (χ0v) is 7.12. The first-order valence-electron chi connectivity index (χ1n) is 3.34. The van der Waals surface area contributed by atoms with Crippen molar-refractivity contribution in [3.05, 3.63) is 24.3 Å². The fraction of sp³-hybridized carbons (Fsp3) is 0.500. The summed E-state index contributed by atoms with van der Waals surface area (Å²) in [5, 5.41) is 3.83. The Morgan fingerprint density at radius 3 is 2.80 bits per heavy atom. The van der Waals surface area contributed by atoms with Gasteiger partial charge < -0.3 is 5.32 Å². The first-order chi connectivity index (χ1) is 4.66. The molecule has 0 aliphatic heterocycles. The normalized spacial score (nSPS) is 12.6. The van der Waals surface area contributed by atoms with E-state index in [4.69, 9.17) is 11.6 Å². The van der Waals surface area contributed by atoms with Gasteiger partial charge in [-0.15, -0.1) is 6.58 Å². The van der Waals surface area contributed by atoms with E-state index >= 15 is 0 Å². The molecule has 0 heterocycles. The standard InChI is InChI=1S/C8H14ClN/c1-4-5-8(3)10-6-7(2)9/h4,8,10H,1-2,5-6H2,3H3. The van der Waals surface area contributed by atoms with Gasteiger partial charge in [-0.25, -0.2) is 0 Å². The summed E-state index contributed by atoms with van der Waals surface area (Å²) in [6.07, 6.45) is 2.85. The average Bonchev–Trinajstić information content (AvgIpc) is 1.85. The predicted molar refractivity (Wildman–Crippen MR) is 47.3 cm³/mol. The second kappa shape index (κ2) is 5.51. The van der Waals surface area contributed by atoms with Crippen molar-refractivity contribution in [3.8, 4) is 0 Å². The summed E-state index contributed by atoms with van der Waals surface area (Å²) in [5.41, 5.74) is 0. The van der Waals surface area contributed by atoms with Crippen LogP contribution in [0.2, 0.25) is 0 Å². The SMILES string of the molecule is C=CCC(C)NCC(=C)Cl. The van der Waals surface area contributed by atoms with Crippen molar-refractivity contribution in [1.29, 1.82) is 0 Å². The topological polar surface area (TPSA) is 12.0 Å². The molecule has 0 aliphatic rings. The van der Waals surface area contributed by atoms with E-state index < -0.39 is 0 Å². The lowest BCUT2D eigenvalue weighted by Gasteiger charge is -2.09. The smallest absolute Gasteiger partial charge is 0.0310 e. The van der Waals surface area contributed by atoms with E-state index in [1.165, 1.54) is 0 Å². The molecule has 1 N–H and O–H groups in total. The third kappa shape index (κ3) is 5.86. The number of hydrogen-bond acceptors (Lipinski definition) is 1. The molecule has 0 spiro atoms. The highest BCUT2D eigenvalue weighted by Gasteiger charge is 1.96. The van der Waals surface area contributed by atoms with Gasteiger partial charge in [0.25, 0.3) is 0 Å². The van der Waals surface area contributed by atoms with Crippen LogP contribution in [-0.4, -0.2) is 12.6 Å². The minimum absolute atomic E-state index is 0.438. The number of hydrogen-bond donors (Lipinski definition) is 1. The molecule has 58 valence electrons. The van der Waals surface area contributed by atoms with E-state index in [1.54, 1.807) is 0 Å². The molecule has 10 heavy (non-hydrogen) atoms. The molecule has 0 amide bonds. The molecule has 2 heteroatoms. The van der Waals surface area contributed by atoms with Gasteiger partial charge in [0, 0.05) is 17.6 Å². The van der Waals surface area contributed by atoms with Gasteiger partial charge in [-0.2, -0.15) is 0 Å². The molecule has 0 radical (unpaired) electrons. The molecule has 0 aromatic heterocycles. The van der Waals surface area contributed by atoms with Gasteiger partial charge >= 0.3 is 0 Å². The minimum Gasteiger partial charge on any atom is -0.309 e. The van der Waals surface area contributed by atoms with Crippen LogP contribution < -0.4 is 5.32 Å².